The molecule has 1 heterocycles. The number of benzene rings is 1. The van der Waals surface area contributed by atoms with E-state index < -0.39 is 5.97 Å². The van der Waals surface area contributed by atoms with Crippen LogP contribution in [0, 0.1) is 11.3 Å². The van der Waals surface area contributed by atoms with Gasteiger partial charge in [-0.1, -0.05) is 17.2 Å². The van der Waals surface area contributed by atoms with E-state index in [9.17, 15) is 4.79 Å². The van der Waals surface area contributed by atoms with E-state index in [-0.39, 0.29) is 16.8 Å². The van der Waals surface area contributed by atoms with Gasteiger partial charge in [0.05, 0.1) is 28.6 Å². The Balaban J connectivity index is 2.54. The summed E-state index contributed by atoms with van der Waals surface area (Å²) in [4.78, 5) is 17.6. The molecule has 0 fully saturated rings. The molecule has 0 aliphatic carbocycles. The SMILES string of the molecule is N#Cc1cc(-c2cc(C(=O)O)ccn2)ccc1N=[N+]=[N-]. The van der Waals surface area contributed by atoms with Gasteiger partial charge >= 0.3 is 5.97 Å². The van der Waals surface area contributed by atoms with E-state index in [0.29, 0.717) is 11.3 Å². The van der Waals surface area contributed by atoms with Crippen molar-refractivity contribution in [3.8, 4) is 17.3 Å². The second kappa shape index (κ2) is 5.52. The third-order valence-electron chi connectivity index (χ3n) is 2.57. The van der Waals surface area contributed by atoms with Gasteiger partial charge < -0.3 is 5.11 Å². The fourth-order valence-corrected chi connectivity index (χ4v) is 1.64. The summed E-state index contributed by atoms with van der Waals surface area (Å²) in [5, 5.41) is 21.3. The van der Waals surface area contributed by atoms with Crippen LogP contribution in [-0.2, 0) is 0 Å². The van der Waals surface area contributed by atoms with Crippen LogP contribution in [0.5, 0.6) is 0 Å². The van der Waals surface area contributed by atoms with E-state index in [1.54, 1.807) is 6.07 Å². The first-order valence-electron chi connectivity index (χ1n) is 5.44. The van der Waals surface area contributed by atoms with E-state index in [4.69, 9.17) is 15.9 Å². The number of nitrogens with zero attached hydrogens (tertiary/aromatic N) is 5. The maximum Gasteiger partial charge on any atom is 0.335 e. The summed E-state index contributed by atoms with van der Waals surface area (Å²) in [7, 11) is 0. The fourth-order valence-electron chi connectivity index (χ4n) is 1.64. The van der Waals surface area contributed by atoms with Crippen LogP contribution in [-0.4, -0.2) is 16.1 Å². The molecule has 0 atom stereocenters. The van der Waals surface area contributed by atoms with Gasteiger partial charge in [-0.3, -0.25) is 4.98 Å². The van der Waals surface area contributed by atoms with Gasteiger partial charge in [-0.2, -0.15) is 5.26 Å². The number of hydrogen-bond acceptors (Lipinski definition) is 4. The van der Waals surface area contributed by atoms with Gasteiger partial charge in [0.15, 0.2) is 0 Å². The number of aromatic nitrogens is 1. The van der Waals surface area contributed by atoms with Crippen molar-refractivity contribution in [3.63, 3.8) is 0 Å². The lowest BCUT2D eigenvalue weighted by Gasteiger charge is -2.04. The molecule has 0 saturated carbocycles. The van der Waals surface area contributed by atoms with Crippen molar-refractivity contribution in [1.29, 1.82) is 5.26 Å². The van der Waals surface area contributed by atoms with E-state index in [1.165, 1.54) is 30.5 Å². The molecule has 0 unspecified atom stereocenters. The van der Waals surface area contributed by atoms with E-state index in [2.05, 4.69) is 15.0 Å². The molecule has 7 heteroatoms. The van der Waals surface area contributed by atoms with Crippen molar-refractivity contribution >= 4 is 11.7 Å². The van der Waals surface area contributed by atoms with E-state index >= 15 is 0 Å². The highest BCUT2D eigenvalue weighted by Gasteiger charge is 2.08. The molecule has 0 spiro atoms. The Morgan fingerprint density at radius 1 is 1.40 bits per heavy atom. The number of nitriles is 1. The minimum absolute atomic E-state index is 0.104. The minimum atomic E-state index is -1.06. The van der Waals surface area contributed by atoms with Crippen molar-refractivity contribution in [3.05, 3.63) is 58.1 Å². The molecule has 20 heavy (non-hydrogen) atoms. The Bertz CT molecular complexity index is 773. The van der Waals surface area contributed by atoms with Crippen LogP contribution in [0.15, 0.2) is 41.6 Å². The summed E-state index contributed by atoms with van der Waals surface area (Å²) in [5.74, 6) is -1.06. The fraction of sp³-hybridized carbons (Fsp3) is 0. The van der Waals surface area contributed by atoms with Crippen LogP contribution in [0.25, 0.3) is 21.7 Å². The van der Waals surface area contributed by atoms with Crippen LogP contribution in [0.3, 0.4) is 0 Å². The number of pyridine rings is 1. The standard InChI is InChI=1S/C13H7N5O2/c14-7-10-5-8(1-2-11(10)17-18-15)12-6-9(13(19)20)3-4-16-12/h1-6H,(H,19,20). The molecule has 0 amide bonds. The molecule has 2 aromatic rings. The average molecular weight is 265 g/mol. The van der Waals surface area contributed by atoms with Gasteiger partial charge in [-0.05, 0) is 23.7 Å². The number of carboxylic acid groups (broad SMARTS) is 1. The summed E-state index contributed by atoms with van der Waals surface area (Å²) in [6, 6.07) is 9.30. The lowest BCUT2D eigenvalue weighted by Crippen LogP contribution is -1.97. The third-order valence-corrected chi connectivity index (χ3v) is 2.57. The minimum Gasteiger partial charge on any atom is -0.478 e. The molecule has 2 rings (SSSR count). The molecule has 0 radical (unpaired) electrons. The highest BCUT2D eigenvalue weighted by Crippen LogP contribution is 2.26. The first kappa shape index (κ1) is 13.1. The lowest BCUT2D eigenvalue weighted by molar-refractivity contribution is 0.0697. The van der Waals surface area contributed by atoms with Crippen molar-refractivity contribution in [2.24, 2.45) is 5.11 Å². The Hall–Kier alpha value is -3.36. The zero-order chi connectivity index (χ0) is 14.5. The van der Waals surface area contributed by atoms with Crippen LogP contribution < -0.4 is 0 Å². The summed E-state index contributed by atoms with van der Waals surface area (Å²) in [6.45, 7) is 0. The normalized spacial score (nSPS) is 9.35. The third kappa shape index (κ3) is 2.56. The molecule has 96 valence electrons. The summed E-state index contributed by atoms with van der Waals surface area (Å²) < 4.78 is 0. The zero-order valence-corrected chi connectivity index (χ0v) is 10.1. The highest BCUT2D eigenvalue weighted by atomic mass is 16.4. The van der Waals surface area contributed by atoms with Crippen molar-refractivity contribution in [2.75, 3.05) is 0 Å². The average Bonchev–Trinajstić information content (AvgIpc) is 2.48. The second-order valence-corrected chi connectivity index (χ2v) is 3.77. The van der Waals surface area contributed by atoms with Crippen molar-refractivity contribution in [2.45, 2.75) is 0 Å². The molecule has 0 aliphatic rings. The molecule has 1 aromatic heterocycles. The topological polar surface area (TPSA) is 123 Å². The van der Waals surface area contributed by atoms with Crippen molar-refractivity contribution < 1.29 is 9.90 Å². The largest absolute Gasteiger partial charge is 0.478 e. The number of aromatic carboxylic acids is 1. The predicted octanol–water partition coefficient (Wildman–Crippen LogP) is 3.26. The van der Waals surface area contributed by atoms with Crippen LogP contribution in [0.4, 0.5) is 5.69 Å². The predicted molar refractivity (Wildman–Crippen MR) is 70.2 cm³/mol. The molecule has 7 nitrogen and oxygen atoms in total. The van der Waals surface area contributed by atoms with Gasteiger partial charge in [-0.15, -0.1) is 0 Å². The number of carbonyl (C=O) groups is 1. The summed E-state index contributed by atoms with van der Waals surface area (Å²) in [5.41, 5.74) is 9.91. The molecule has 1 aromatic carbocycles. The number of carboxylic acids is 1. The quantitative estimate of drug-likeness (QED) is 0.519. The maximum atomic E-state index is 10.9. The van der Waals surface area contributed by atoms with Crippen LogP contribution in [0.1, 0.15) is 15.9 Å². The van der Waals surface area contributed by atoms with E-state index in [1.807, 2.05) is 6.07 Å². The number of azide groups is 1. The number of rotatable bonds is 3. The maximum absolute atomic E-state index is 10.9. The highest BCUT2D eigenvalue weighted by molar-refractivity contribution is 5.88. The Labute approximate surface area is 113 Å². The molecule has 1 N–H and O–H groups in total. The molecular weight excluding hydrogens is 258 g/mol. The first-order valence-corrected chi connectivity index (χ1v) is 5.44. The van der Waals surface area contributed by atoms with Crippen LogP contribution in [0.2, 0.25) is 0 Å². The molecular formula is C13H7N5O2. The summed E-state index contributed by atoms with van der Waals surface area (Å²) >= 11 is 0. The van der Waals surface area contributed by atoms with Crippen LogP contribution >= 0.6 is 0 Å². The smallest absolute Gasteiger partial charge is 0.335 e. The number of hydrogen-bond donors (Lipinski definition) is 1. The van der Waals surface area contributed by atoms with Gasteiger partial charge in [-0.25, -0.2) is 4.79 Å². The first-order chi connectivity index (χ1) is 9.65. The second-order valence-electron chi connectivity index (χ2n) is 3.77. The van der Waals surface area contributed by atoms with E-state index in [0.717, 1.165) is 0 Å². The van der Waals surface area contributed by atoms with Gasteiger partial charge in [0.25, 0.3) is 0 Å². The van der Waals surface area contributed by atoms with Crippen molar-refractivity contribution in [1.82, 2.24) is 4.98 Å². The van der Waals surface area contributed by atoms with Gasteiger partial charge in [0.2, 0.25) is 0 Å². The summed E-state index contributed by atoms with van der Waals surface area (Å²) in [6.07, 6.45) is 1.38. The lowest BCUT2D eigenvalue weighted by atomic mass is 10.1. The van der Waals surface area contributed by atoms with Gasteiger partial charge in [0, 0.05) is 16.7 Å². The van der Waals surface area contributed by atoms with Gasteiger partial charge in [0.1, 0.15) is 0 Å². The molecule has 0 bridgehead atoms. The Morgan fingerprint density at radius 3 is 2.85 bits per heavy atom. The monoisotopic (exact) mass is 265 g/mol. The zero-order valence-electron chi connectivity index (χ0n) is 10.1. The molecule has 0 saturated heterocycles. The Kier molecular flexibility index (Phi) is 3.61. The molecule has 0 aliphatic heterocycles. The Morgan fingerprint density at radius 2 is 2.20 bits per heavy atom.